The van der Waals surface area contributed by atoms with Crippen molar-refractivity contribution in [1.29, 1.82) is 0 Å². The highest BCUT2D eigenvalue weighted by Crippen LogP contribution is 2.29. The van der Waals surface area contributed by atoms with Crippen LogP contribution >= 0.6 is 12.2 Å². The molecule has 1 aromatic rings. The van der Waals surface area contributed by atoms with Crippen molar-refractivity contribution >= 4 is 17.2 Å². The summed E-state index contributed by atoms with van der Waals surface area (Å²) in [7, 11) is 2.22. The molecular weight excluding hydrogens is 285 g/mol. The number of nitrogens with two attached hydrogens (primary N) is 1. The van der Waals surface area contributed by atoms with E-state index < -0.39 is 0 Å². The molecule has 0 spiro atoms. The zero-order valence-corrected chi connectivity index (χ0v) is 13.2. The number of benzene rings is 1. The van der Waals surface area contributed by atoms with Crippen molar-refractivity contribution in [2.75, 3.05) is 20.1 Å². The van der Waals surface area contributed by atoms with Crippen molar-refractivity contribution in [3.05, 3.63) is 35.1 Å². The van der Waals surface area contributed by atoms with Gasteiger partial charge >= 0.3 is 0 Å². The van der Waals surface area contributed by atoms with Gasteiger partial charge in [0.15, 0.2) is 0 Å². The van der Waals surface area contributed by atoms with Crippen LogP contribution in [-0.4, -0.2) is 47.0 Å². The molecule has 21 heavy (non-hydrogen) atoms. The number of thiocarbonyl (C=S) groups is 1. The van der Waals surface area contributed by atoms with Crippen LogP contribution in [0.3, 0.4) is 0 Å². The Balaban J connectivity index is 1.74. The third kappa shape index (κ3) is 3.10. The molecular formula is C16H22FN3S. The molecule has 2 heterocycles. The molecule has 0 aliphatic carbocycles. The molecule has 114 valence electrons. The van der Waals surface area contributed by atoms with Gasteiger partial charge in [0.1, 0.15) is 10.8 Å². The van der Waals surface area contributed by atoms with Crippen molar-refractivity contribution in [3.8, 4) is 0 Å². The van der Waals surface area contributed by atoms with Crippen molar-refractivity contribution < 1.29 is 4.39 Å². The van der Waals surface area contributed by atoms with Gasteiger partial charge in [-0.2, -0.15) is 0 Å². The van der Waals surface area contributed by atoms with Gasteiger partial charge in [-0.15, -0.1) is 0 Å². The third-order valence-corrected chi connectivity index (χ3v) is 5.19. The molecule has 0 amide bonds. The lowest BCUT2D eigenvalue weighted by Gasteiger charge is -2.26. The Hall–Kier alpha value is -1.04. The van der Waals surface area contributed by atoms with E-state index >= 15 is 0 Å². The normalized spacial score (nSPS) is 26.8. The quantitative estimate of drug-likeness (QED) is 0.867. The Morgan fingerprint density at radius 1 is 1.33 bits per heavy atom. The van der Waals surface area contributed by atoms with Crippen LogP contribution in [0.15, 0.2) is 18.2 Å². The van der Waals surface area contributed by atoms with Crippen LogP contribution in [0.5, 0.6) is 0 Å². The Morgan fingerprint density at radius 3 is 2.86 bits per heavy atom. The minimum absolute atomic E-state index is 0.169. The molecule has 3 rings (SSSR count). The summed E-state index contributed by atoms with van der Waals surface area (Å²) in [5, 5.41) is 0. The maximum Gasteiger partial charge on any atom is 0.127 e. The average molecular weight is 307 g/mol. The molecule has 0 saturated carbocycles. The first-order chi connectivity index (χ1) is 10.0. The first kappa shape index (κ1) is 14.9. The van der Waals surface area contributed by atoms with Crippen LogP contribution in [0.2, 0.25) is 0 Å². The van der Waals surface area contributed by atoms with Crippen LogP contribution in [0.25, 0.3) is 0 Å². The number of likely N-dealkylation sites (tertiary alicyclic amines) is 1. The monoisotopic (exact) mass is 307 g/mol. The summed E-state index contributed by atoms with van der Waals surface area (Å²) >= 11 is 4.98. The highest BCUT2D eigenvalue weighted by atomic mass is 32.1. The van der Waals surface area contributed by atoms with E-state index in [0.29, 0.717) is 29.2 Å². The van der Waals surface area contributed by atoms with Crippen molar-refractivity contribution in [2.24, 2.45) is 5.73 Å². The van der Waals surface area contributed by atoms with Crippen LogP contribution in [0.4, 0.5) is 4.39 Å². The first-order valence-corrected chi connectivity index (χ1v) is 7.98. The molecule has 0 radical (unpaired) electrons. The summed E-state index contributed by atoms with van der Waals surface area (Å²) < 4.78 is 14.0. The lowest BCUT2D eigenvalue weighted by Crippen LogP contribution is -2.36. The zero-order valence-electron chi connectivity index (χ0n) is 12.4. The Bertz CT molecular complexity index is 548. The van der Waals surface area contributed by atoms with Gasteiger partial charge in [-0.3, -0.25) is 9.80 Å². The summed E-state index contributed by atoms with van der Waals surface area (Å²) in [6.07, 6.45) is 3.73. The minimum atomic E-state index is -0.169. The molecule has 2 atom stereocenters. The molecule has 2 unspecified atom stereocenters. The number of rotatable bonds is 3. The van der Waals surface area contributed by atoms with E-state index in [0.717, 1.165) is 18.7 Å². The fourth-order valence-electron chi connectivity index (χ4n) is 3.61. The smallest absolute Gasteiger partial charge is 0.127 e. The first-order valence-electron chi connectivity index (χ1n) is 7.57. The molecule has 5 heteroatoms. The number of fused-ring (bicyclic) bond motifs is 2. The van der Waals surface area contributed by atoms with Gasteiger partial charge in [0, 0.05) is 42.8 Å². The largest absolute Gasteiger partial charge is 0.389 e. The fourth-order valence-corrected chi connectivity index (χ4v) is 3.74. The molecule has 1 aromatic carbocycles. The molecule has 2 bridgehead atoms. The molecule has 2 fully saturated rings. The topological polar surface area (TPSA) is 32.5 Å². The van der Waals surface area contributed by atoms with Crippen LogP contribution < -0.4 is 5.73 Å². The standard InChI is InChI=1S/C16H22FN3S/c1-19-13-3-4-14(19)10-20(7-6-13)9-12-8-11(16(18)21)2-5-15(12)17/h2,5,8,13-14H,3-4,6-7,9-10H2,1H3,(H2,18,21). The summed E-state index contributed by atoms with van der Waals surface area (Å²) in [5.74, 6) is -0.169. The second kappa shape index (κ2) is 5.99. The van der Waals surface area contributed by atoms with E-state index in [-0.39, 0.29) is 5.82 Å². The van der Waals surface area contributed by atoms with Crippen molar-refractivity contribution in [1.82, 2.24) is 9.80 Å². The number of likely N-dealkylation sites (N-methyl/N-ethyl adjacent to an activating group) is 1. The van der Waals surface area contributed by atoms with E-state index in [9.17, 15) is 4.39 Å². The molecule has 2 aliphatic rings. The summed E-state index contributed by atoms with van der Waals surface area (Å²) in [5.41, 5.74) is 7.09. The Kier molecular flexibility index (Phi) is 4.24. The highest BCUT2D eigenvalue weighted by molar-refractivity contribution is 7.80. The summed E-state index contributed by atoms with van der Waals surface area (Å²) in [6.45, 7) is 2.69. The zero-order chi connectivity index (χ0) is 15.0. The number of hydrogen-bond acceptors (Lipinski definition) is 3. The summed E-state index contributed by atoms with van der Waals surface area (Å²) in [4.78, 5) is 5.19. The van der Waals surface area contributed by atoms with Gasteiger partial charge in [-0.1, -0.05) is 12.2 Å². The highest BCUT2D eigenvalue weighted by Gasteiger charge is 2.34. The van der Waals surface area contributed by atoms with Crippen LogP contribution in [0, 0.1) is 5.82 Å². The average Bonchev–Trinajstić information content (AvgIpc) is 2.69. The van der Waals surface area contributed by atoms with Crippen LogP contribution in [-0.2, 0) is 6.54 Å². The van der Waals surface area contributed by atoms with Gasteiger partial charge in [0.05, 0.1) is 0 Å². The second-order valence-corrected chi connectivity index (χ2v) is 6.68. The van der Waals surface area contributed by atoms with Gasteiger partial charge in [-0.25, -0.2) is 4.39 Å². The van der Waals surface area contributed by atoms with Gasteiger partial charge in [0.25, 0.3) is 0 Å². The van der Waals surface area contributed by atoms with Crippen molar-refractivity contribution in [3.63, 3.8) is 0 Å². The predicted octanol–water partition coefficient (Wildman–Crippen LogP) is 2.13. The molecule has 0 aromatic heterocycles. The second-order valence-electron chi connectivity index (χ2n) is 6.24. The van der Waals surface area contributed by atoms with E-state index in [4.69, 9.17) is 18.0 Å². The molecule has 2 saturated heterocycles. The number of nitrogens with zero attached hydrogens (tertiary/aromatic N) is 2. The van der Waals surface area contributed by atoms with E-state index in [1.165, 1.54) is 25.3 Å². The maximum atomic E-state index is 14.0. The van der Waals surface area contributed by atoms with E-state index in [2.05, 4.69) is 16.8 Å². The Labute approximate surface area is 130 Å². The Morgan fingerprint density at radius 2 is 2.10 bits per heavy atom. The van der Waals surface area contributed by atoms with Gasteiger partial charge in [0.2, 0.25) is 0 Å². The third-order valence-electron chi connectivity index (χ3n) is 4.96. The number of halogens is 1. The lowest BCUT2D eigenvalue weighted by atomic mass is 10.1. The van der Waals surface area contributed by atoms with Gasteiger partial charge < -0.3 is 5.73 Å². The fraction of sp³-hybridized carbons (Fsp3) is 0.562. The molecule has 3 nitrogen and oxygen atoms in total. The predicted molar refractivity (Wildman–Crippen MR) is 86.8 cm³/mol. The molecule has 2 N–H and O–H groups in total. The summed E-state index contributed by atoms with van der Waals surface area (Å²) in [6, 6.07) is 6.23. The SMILES string of the molecule is CN1C2CCC1CN(Cc1cc(C(N)=S)ccc1F)CC2. The maximum absolute atomic E-state index is 14.0. The lowest BCUT2D eigenvalue weighted by molar-refractivity contribution is 0.213. The van der Waals surface area contributed by atoms with Crippen molar-refractivity contribution in [2.45, 2.75) is 37.9 Å². The minimum Gasteiger partial charge on any atom is -0.389 e. The molecule has 2 aliphatic heterocycles. The van der Waals surface area contributed by atoms with Crippen LogP contribution in [0.1, 0.15) is 30.4 Å². The van der Waals surface area contributed by atoms with E-state index in [1.807, 2.05) is 0 Å². The van der Waals surface area contributed by atoms with Gasteiger partial charge in [-0.05, 0) is 44.5 Å². The van der Waals surface area contributed by atoms with E-state index in [1.54, 1.807) is 12.1 Å². The number of hydrogen-bond donors (Lipinski definition) is 1.